The number of likely N-dealkylation sites (N-methyl/N-ethyl adjacent to an activating group) is 2. The number of Topliss-reactive ketones (excluding diaryl/α,β-unsaturated/α-hetero) is 3. The summed E-state index contributed by atoms with van der Waals surface area (Å²) < 4.78 is 23.6. The summed E-state index contributed by atoms with van der Waals surface area (Å²) in [5.41, 5.74) is 0.943. The summed E-state index contributed by atoms with van der Waals surface area (Å²) in [7, 11) is 8.72. The minimum absolute atomic E-state index is 0.00335. The summed E-state index contributed by atoms with van der Waals surface area (Å²) in [5, 5.41) is 6.35. The summed E-state index contributed by atoms with van der Waals surface area (Å²) in [6, 6.07) is 8.54. The second kappa shape index (κ2) is 33.3. The molecular formula is C57H97N5O10. The molecule has 2 N–H and O–H groups in total. The lowest BCUT2D eigenvalue weighted by atomic mass is 9.83. The number of ether oxygens (including phenoxy) is 4. The molecule has 9 atom stereocenters. The predicted octanol–water partition coefficient (Wildman–Crippen LogP) is 6.82. The summed E-state index contributed by atoms with van der Waals surface area (Å²) in [6.45, 7) is 18.4. The van der Waals surface area contributed by atoms with Crippen LogP contribution in [0.3, 0.4) is 0 Å². The number of rotatable bonds is 36. The normalized spacial score (nSPS) is 18.9. The Labute approximate surface area is 434 Å². The van der Waals surface area contributed by atoms with Gasteiger partial charge in [-0.3, -0.25) is 33.7 Å². The molecule has 0 bridgehead atoms. The van der Waals surface area contributed by atoms with Crippen LogP contribution >= 0.6 is 0 Å². The highest BCUT2D eigenvalue weighted by Gasteiger charge is 2.43. The molecule has 410 valence electrons. The van der Waals surface area contributed by atoms with Crippen LogP contribution in [0.1, 0.15) is 131 Å². The number of piperidine rings is 1. The Morgan fingerprint density at radius 3 is 2.06 bits per heavy atom. The fourth-order valence-electron chi connectivity index (χ4n) is 11.1. The zero-order chi connectivity index (χ0) is 53.3. The van der Waals surface area contributed by atoms with E-state index in [2.05, 4.69) is 24.5 Å². The van der Waals surface area contributed by atoms with E-state index in [1.165, 1.54) is 0 Å². The van der Waals surface area contributed by atoms with Crippen LogP contribution < -0.4 is 10.6 Å². The summed E-state index contributed by atoms with van der Waals surface area (Å²) >= 11 is 0. The van der Waals surface area contributed by atoms with Crippen molar-refractivity contribution in [2.24, 2.45) is 41.4 Å². The van der Waals surface area contributed by atoms with Gasteiger partial charge >= 0.3 is 0 Å². The van der Waals surface area contributed by atoms with Crippen molar-refractivity contribution < 1.29 is 47.7 Å². The second-order valence-corrected chi connectivity index (χ2v) is 21.7. The van der Waals surface area contributed by atoms with Gasteiger partial charge in [-0.2, -0.15) is 0 Å². The SMILES string of the molecule is CC[C@H](C)[C@@H]([C@@H](CC(=O)N1CCC[C@H]1[C@H](OC)[C@@H](C)C(=O)C[C@@H](Cc1ccccc1)C(=O)NCCOCCOCCCC(=O)CCC1CCNCC1)OC)N(C)C(=O)[C@@H](CC(=O)[C@H](C(C)C)N(C)C)C(C)C. The first-order valence-corrected chi connectivity index (χ1v) is 27.4. The fraction of sp³-hybridized carbons (Fsp3) is 0.789. The molecule has 2 fully saturated rings. The Hall–Kier alpha value is -3.60. The smallest absolute Gasteiger partial charge is 0.226 e. The zero-order valence-corrected chi connectivity index (χ0v) is 46.6. The van der Waals surface area contributed by atoms with Gasteiger partial charge in [0, 0.05) is 84.4 Å². The third-order valence-corrected chi connectivity index (χ3v) is 15.5. The number of amides is 3. The van der Waals surface area contributed by atoms with Gasteiger partial charge in [-0.1, -0.05) is 85.2 Å². The van der Waals surface area contributed by atoms with E-state index in [1.807, 2.05) is 88.8 Å². The number of carbonyl (C=O) groups is 6. The quantitative estimate of drug-likeness (QED) is 0.0673. The Kier molecular flexibility index (Phi) is 29.0. The van der Waals surface area contributed by atoms with E-state index < -0.39 is 36.0 Å². The molecule has 0 saturated carbocycles. The Bertz CT molecular complexity index is 1770. The van der Waals surface area contributed by atoms with Crippen LogP contribution in [0.25, 0.3) is 0 Å². The summed E-state index contributed by atoms with van der Waals surface area (Å²) in [5.74, 6) is -1.42. The van der Waals surface area contributed by atoms with E-state index >= 15 is 0 Å². The fourth-order valence-corrected chi connectivity index (χ4v) is 11.1. The Morgan fingerprint density at radius 2 is 1.46 bits per heavy atom. The van der Waals surface area contributed by atoms with Gasteiger partial charge in [-0.15, -0.1) is 0 Å². The molecule has 15 heteroatoms. The number of ketones is 3. The van der Waals surface area contributed by atoms with Crippen LogP contribution in [-0.2, 0) is 54.1 Å². The van der Waals surface area contributed by atoms with Crippen LogP contribution in [0, 0.1) is 41.4 Å². The highest BCUT2D eigenvalue weighted by atomic mass is 16.5. The lowest BCUT2D eigenvalue weighted by Crippen LogP contribution is -2.54. The van der Waals surface area contributed by atoms with E-state index in [4.69, 9.17) is 18.9 Å². The number of hydrogen-bond donors (Lipinski definition) is 2. The van der Waals surface area contributed by atoms with E-state index in [9.17, 15) is 28.8 Å². The average molecular weight is 1010 g/mol. The van der Waals surface area contributed by atoms with Gasteiger partial charge in [0.1, 0.15) is 11.6 Å². The first kappa shape index (κ1) is 62.7. The van der Waals surface area contributed by atoms with Gasteiger partial charge in [-0.05, 0) is 101 Å². The molecule has 0 spiro atoms. The minimum Gasteiger partial charge on any atom is -0.379 e. The molecule has 0 unspecified atom stereocenters. The third kappa shape index (κ3) is 20.3. The molecule has 72 heavy (non-hydrogen) atoms. The number of carbonyl (C=O) groups excluding carboxylic acids is 6. The lowest BCUT2D eigenvalue weighted by molar-refractivity contribution is -0.149. The number of methoxy groups -OCH3 is 2. The zero-order valence-electron chi connectivity index (χ0n) is 46.6. The maximum absolute atomic E-state index is 14.5. The topological polar surface area (TPSA) is 173 Å². The van der Waals surface area contributed by atoms with Crippen LogP contribution in [0.4, 0.5) is 0 Å². The van der Waals surface area contributed by atoms with Gasteiger partial charge in [0.2, 0.25) is 17.7 Å². The highest BCUT2D eigenvalue weighted by Crippen LogP contribution is 2.32. The van der Waals surface area contributed by atoms with Gasteiger partial charge in [0.25, 0.3) is 0 Å². The third-order valence-electron chi connectivity index (χ3n) is 15.5. The lowest BCUT2D eigenvalue weighted by Gasteiger charge is -2.41. The Balaban J connectivity index is 1.60. The van der Waals surface area contributed by atoms with E-state index in [-0.39, 0.29) is 91.5 Å². The van der Waals surface area contributed by atoms with Gasteiger partial charge in [0.15, 0.2) is 5.78 Å². The molecule has 3 rings (SSSR count). The molecule has 0 radical (unpaired) electrons. The molecule has 2 heterocycles. The number of nitrogens with zero attached hydrogens (tertiary/aromatic N) is 3. The number of benzene rings is 1. The monoisotopic (exact) mass is 1010 g/mol. The molecular weight excluding hydrogens is 915 g/mol. The highest BCUT2D eigenvalue weighted by molar-refractivity contribution is 5.90. The van der Waals surface area contributed by atoms with Crippen molar-refractivity contribution in [2.45, 2.75) is 162 Å². The standard InChI is InChI=1S/C57H97N5O10/c1-13-41(6)54(61(10)57(68)47(39(2)3)37-50(65)53(40(4)5)60(8)9)51(69-11)38-52(66)62-30-17-22-48(62)55(70-12)42(7)49(64)36-45(35-44-19-15-14-16-20-44)56(67)59-29-32-72-34-33-71-31-18-21-46(63)24-23-43-25-27-58-28-26-43/h14-16,19-20,39-43,45,47-48,51,53-55,58H,13,17-18,21-38H2,1-12H3,(H,59,67)/t41-,42-,45+,47-,48-,51+,53-,54-,55+/m0/s1. The molecule has 1 aromatic carbocycles. The minimum atomic E-state index is -0.635. The van der Waals surface area contributed by atoms with E-state index in [0.29, 0.717) is 70.2 Å². The molecule has 0 aromatic heterocycles. The molecule has 2 aliphatic rings. The first-order valence-electron chi connectivity index (χ1n) is 27.4. The van der Waals surface area contributed by atoms with Crippen molar-refractivity contribution in [1.29, 1.82) is 0 Å². The molecule has 2 aliphatic heterocycles. The van der Waals surface area contributed by atoms with Crippen molar-refractivity contribution in [3.8, 4) is 0 Å². The number of hydrogen-bond acceptors (Lipinski definition) is 12. The van der Waals surface area contributed by atoms with Crippen molar-refractivity contribution in [2.75, 3.05) is 88.0 Å². The summed E-state index contributed by atoms with van der Waals surface area (Å²) in [4.78, 5) is 88.4. The maximum atomic E-state index is 14.5. The number of nitrogens with one attached hydrogen (secondary N) is 2. The van der Waals surface area contributed by atoms with Crippen molar-refractivity contribution in [3.63, 3.8) is 0 Å². The average Bonchev–Trinajstić information content (AvgIpc) is 3.84. The van der Waals surface area contributed by atoms with Crippen molar-refractivity contribution >= 4 is 35.1 Å². The summed E-state index contributed by atoms with van der Waals surface area (Å²) in [6.07, 6.45) is 6.60. The Morgan fingerprint density at radius 1 is 0.792 bits per heavy atom. The first-order chi connectivity index (χ1) is 34.4. The predicted molar refractivity (Wildman–Crippen MR) is 283 cm³/mol. The van der Waals surface area contributed by atoms with Gasteiger partial charge < -0.3 is 39.4 Å². The van der Waals surface area contributed by atoms with Crippen molar-refractivity contribution in [1.82, 2.24) is 25.3 Å². The largest absolute Gasteiger partial charge is 0.379 e. The molecule has 3 amide bonds. The molecule has 2 saturated heterocycles. The van der Waals surface area contributed by atoms with Gasteiger partial charge in [-0.25, -0.2) is 0 Å². The van der Waals surface area contributed by atoms with E-state index in [0.717, 1.165) is 50.8 Å². The van der Waals surface area contributed by atoms with Crippen LogP contribution in [0.5, 0.6) is 0 Å². The maximum Gasteiger partial charge on any atom is 0.226 e. The number of likely N-dealkylation sites (tertiary alicyclic amines) is 1. The van der Waals surface area contributed by atoms with Crippen molar-refractivity contribution in [3.05, 3.63) is 35.9 Å². The molecule has 1 aromatic rings. The molecule has 15 nitrogen and oxygen atoms in total. The van der Waals surface area contributed by atoms with Crippen LogP contribution in [0.2, 0.25) is 0 Å². The second-order valence-electron chi connectivity index (χ2n) is 21.7. The van der Waals surface area contributed by atoms with Crippen LogP contribution in [-0.4, -0.2) is 168 Å². The molecule has 0 aliphatic carbocycles. The van der Waals surface area contributed by atoms with Crippen LogP contribution in [0.15, 0.2) is 30.3 Å². The van der Waals surface area contributed by atoms with Gasteiger partial charge in [0.05, 0.1) is 56.6 Å². The van der Waals surface area contributed by atoms with E-state index in [1.54, 1.807) is 26.2 Å².